The summed E-state index contributed by atoms with van der Waals surface area (Å²) in [5.74, 6) is 0.320. The molecule has 3 aliphatic rings. The second-order valence-corrected chi connectivity index (χ2v) is 15.5. The molecule has 2 fully saturated rings. The van der Waals surface area contributed by atoms with Crippen molar-refractivity contribution < 1.29 is 19.7 Å². The largest absolute Gasteiger partial charge is 0.479 e. The summed E-state index contributed by atoms with van der Waals surface area (Å²) in [6, 6.07) is 6.61. The van der Waals surface area contributed by atoms with E-state index in [0.29, 0.717) is 29.7 Å². The molecule has 5 heterocycles. The molecule has 0 bridgehead atoms. The molecule has 0 spiro atoms. The number of nitrogens with zero attached hydrogens (tertiary/aromatic N) is 7. The molecule has 3 aliphatic heterocycles. The zero-order valence-corrected chi connectivity index (χ0v) is 29.6. The van der Waals surface area contributed by atoms with E-state index in [9.17, 15) is 15.0 Å². The van der Waals surface area contributed by atoms with Crippen LogP contribution in [-0.4, -0.2) is 80.5 Å². The fourth-order valence-electron chi connectivity index (χ4n) is 7.28. The minimum absolute atomic E-state index is 0.231. The zero-order valence-electron chi connectivity index (χ0n) is 29.6. The predicted octanol–water partition coefficient (Wildman–Crippen LogP) is 5.64. The molecule has 2 saturated heterocycles. The lowest BCUT2D eigenvalue weighted by Crippen LogP contribution is -2.39. The highest BCUT2D eigenvalue weighted by atomic mass is 16.5. The van der Waals surface area contributed by atoms with Crippen molar-refractivity contribution in [3.05, 3.63) is 52.6 Å². The summed E-state index contributed by atoms with van der Waals surface area (Å²) in [6.45, 7) is 18.8. The van der Waals surface area contributed by atoms with E-state index in [1.165, 1.54) is 11.1 Å². The van der Waals surface area contributed by atoms with Gasteiger partial charge in [-0.3, -0.25) is 4.98 Å². The minimum Gasteiger partial charge on any atom is -0.479 e. The van der Waals surface area contributed by atoms with E-state index in [1.807, 2.05) is 34.6 Å². The number of aromatic nitrogens is 4. The molecule has 0 aliphatic carbocycles. The molecular formula is C37H51N7O4. The van der Waals surface area contributed by atoms with Gasteiger partial charge >= 0.3 is 5.97 Å². The van der Waals surface area contributed by atoms with Gasteiger partial charge in [0.05, 0.1) is 17.4 Å². The lowest BCUT2D eigenvalue weighted by Gasteiger charge is -2.41. The lowest BCUT2D eigenvalue weighted by atomic mass is 9.81. The second kappa shape index (κ2) is 13.2. The van der Waals surface area contributed by atoms with Crippen molar-refractivity contribution >= 4 is 23.6 Å². The summed E-state index contributed by atoms with van der Waals surface area (Å²) < 4.78 is 6.26. The number of fused-ring (bicyclic) bond motifs is 1. The first-order valence-electron chi connectivity index (χ1n) is 17.3. The summed E-state index contributed by atoms with van der Waals surface area (Å²) in [7, 11) is 0. The summed E-state index contributed by atoms with van der Waals surface area (Å²) in [6.07, 6.45) is 4.48. The Morgan fingerprint density at radius 3 is 2.23 bits per heavy atom. The summed E-state index contributed by atoms with van der Waals surface area (Å²) in [4.78, 5) is 38.3. The molecule has 6 rings (SSSR count). The fraction of sp³-hybridized carbons (Fsp3) is 0.595. The summed E-state index contributed by atoms with van der Waals surface area (Å²) >= 11 is 0. The maximum atomic E-state index is 12.9. The predicted molar refractivity (Wildman–Crippen MR) is 188 cm³/mol. The van der Waals surface area contributed by atoms with Gasteiger partial charge in [0.25, 0.3) is 0 Å². The highest BCUT2D eigenvalue weighted by Gasteiger charge is 2.37. The number of rotatable bonds is 7. The standard InChI is InChI=1S/C37H51N7O4/c1-23-29(31(42-18-13-37(6,7)14-19-42)30(24(2)40-23)32(33(46)47)48-36(3,4)5)26-8-9-27-21-44(15-10-25(27)20-26)35-39-22-38-34(41-35)43-16-11-28(45)12-17-43/h8-9,20,22,28,32,45H,10-19,21H2,1-7H3,(H,46,47)/t32-/m0/s1. The molecule has 0 unspecified atom stereocenters. The van der Waals surface area contributed by atoms with E-state index in [-0.39, 0.29) is 11.5 Å². The molecule has 1 atom stereocenters. The number of piperidine rings is 2. The molecule has 1 aromatic carbocycles. The van der Waals surface area contributed by atoms with Gasteiger partial charge < -0.3 is 29.6 Å². The first-order chi connectivity index (χ1) is 22.7. The number of carbonyl (C=O) groups is 1. The first-order valence-corrected chi connectivity index (χ1v) is 17.3. The number of aliphatic hydroxyl groups is 1. The lowest BCUT2D eigenvalue weighted by molar-refractivity contribution is -0.160. The van der Waals surface area contributed by atoms with Gasteiger partial charge in [-0.25, -0.2) is 14.8 Å². The number of pyridine rings is 1. The van der Waals surface area contributed by atoms with Crippen molar-refractivity contribution in [2.45, 2.75) is 105 Å². The molecule has 2 N–H and O–H groups in total. The molecule has 0 radical (unpaired) electrons. The van der Waals surface area contributed by atoms with Gasteiger partial charge in [0.2, 0.25) is 11.9 Å². The Morgan fingerprint density at radius 2 is 1.58 bits per heavy atom. The molecule has 0 amide bonds. The fourth-order valence-corrected chi connectivity index (χ4v) is 7.28. The molecular weight excluding hydrogens is 606 g/mol. The smallest absolute Gasteiger partial charge is 0.337 e. The van der Waals surface area contributed by atoms with E-state index in [4.69, 9.17) is 14.7 Å². The van der Waals surface area contributed by atoms with Crippen LogP contribution in [0.2, 0.25) is 0 Å². The average molecular weight is 658 g/mol. The van der Waals surface area contributed by atoms with Crippen LogP contribution in [0.3, 0.4) is 0 Å². The number of anilines is 3. The van der Waals surface area contributed by atoms with Gasteiger partial charge in [-0.2, -0.15) is 4.98 Å². The normalized spacial score (nSPS) is 19.3. The molecule has 11 heteroatoms. The third-order valence-electron chi connectivity index (χ3n) is 10.1. The maximum absolute atomic E-state index is 12.9. The van der Waals surface area contributed by atoms with Gasteiger partial charge in [0.1, 0.15) is 6.33 Å². The number of aliphatic carboxylic acids is 1. The third-order valence-corrected chi connectivity index (χ3v) is 10.1. The number of carboxylic acids is 1. The van der Waals surface area contributed by atoms with Gasteiger partial charge in [-0.05, 0) is 88.8 Å². The Morgan fingerprint density at radius 1 is 0.917 bits per heavy atom. The minimum atomic E-state index is -1.15. The highest BCUT2D eigenvalue weighted by molar-refractivity contribution is 5.88. The number of hydrogen-bond acceptors (Lipinski definition) is 10. The van der Waals surface area contributed by atoms with Crippen LogP contribution in [0.1, 0.15) is 94.5 Å². The van der Waals surface area contributed by atoms with Crippen LogP contribution in [0.5, 0.6) is 0 Å². The number of aliphatic hydroxyl groups excluding tert-OH is 1. The van der Waals surface area contributed by atoms with E-state index >= 15 is 0 Å². The Balaban J connectivity index is 1.36. The van der Waals surface area contributed by atoms with Crippen LogP contribution >= 0.6 is 0 Å². The molecule has 2 aromatic heterocycles. The Hall–Kier alpha value is -3.83. The van der Waals surface area contributed by atoms with Crippen molar-refractivity contribution in [3.8, 4) is 11.1 Å². The van der Waals surface area contributed by atoms with Gasteiger partial charge in [0, 0.05) is 61.8 Å². The van der Waals surface area contributed by atoms with E-state index in [0.717, 1.165) is 87.3 Å². The molecule has 0 saturated carbocycles. The zero-order chi connectivity index (χ0) is 34.4. The first kappa shape index (κ1) is 34.0. The van der Waals surface area contributed by atoms with Crippen molar-refractivity contribution in [1.82, 2.24) is 19.9 Å². The van der Waals surface area contributed by atoms with Gasteiger partial charge in [-0.15, -0.1) is 0 Å². The average Bonchev–Trinajstić information content (AvgIpc) is 3.03. The Kier molecular flexibility index (Phi) is 9.39. The quantitative estimate of drug-likeness (QED) is 0.328. The summed E-state index contributed by atoms with van der Waals surface area (Å²) in [5, 5.41) is 20.4. The van der Waals surface area contributed by atoms with Gasteiger partial charge in [-0.1, -0.05) is 32.0 Å². The van der Waals surface area contributed by atoms with E-state index in [2.05, 4.69) is 56.7 Å². The van der Waals surface area contributed by atoms with Gasteiger partial charge in [0.15, 0.2) is 6.10 Å². The monoisotopic (exact) mass is 657 g/mol. The number of carboxylic acid groups (broad SMARTS) is 1. The van der Waals surface area contributed by atoms with Crippen LogP contribution in [0.4, 0.5) is 17.6 Å². The van der Waals surface area contributed by atoms with Crippen LogP contribution < -0.4 is 14.7 Å². The Labute approximate surface area is 284 Å². The molecule has 48 heavy (non-hydrogen) atoms. The van der Waals surface area contributed by atoms with Crippen molar-refractivity contribution in [2.75, 3.05) is 47.4 Å². The highest BCUT2D eigenvalue weighted by Crippen LogP contribution is 2.45. The van der Waals surface area contributed by atoms with E-state index in [1.54, 1.807) is 6.33 Å². The second-order valence-electron chi connectivity index (χ2n) is 15.5. The maximum Gasteiger partial charge on any atom is 0.337 e. The number of ether oxygens (including phenoxy) is 1. The topological polar surface area (TPSA) is 128 Å². The van der Waals surface area contributed by atoms with Crippen LogP contribution in [0.25, 0.3) is 11.1 Å². The Bertz CT molecular complexity index is 1650. The molecule has 3 aromatic rings. The van der Waals surface area contributed by atoms with E-state index < -0.39 is 17.7 Å². The number of aryl methyl sites for hydroxylation is 2. The third kappa shape index (κ3) is 7.27. The number of hydrogen-bond donors (Lipinski definition) is 2. The van der Waals surface area contributed by atoms with Crippen LogP contribution in [-0.2, 0) is 22.5 Å². The van der Waals surface area contributed by atoms with Crippen LogP contribution in [0.15, 0.2) is 24.5 Å². The van der Waals surface area contributed by atoms with Crippen molar-refractivity contribution in [2.24, 2.45) is 5.41 Å². The molecule has 11 nitrogen and oxygen atoms in total. The van der Waals surface area contributed by atoms with Crippen molar-refractivity contribution in [1.29, 1.82) is 0 Å². The SMILES string of the molecule is Cc1nc(C)c([C@H](OC(C)(C)C)C(=O)O)c(N2CCC(C)(C)CC2)c1-c1ccc2c(c1)CCN(c1ncnc(N3CCC(O)CC3)n1)C2. The summed E-state index contributed by atoms with van der Waals surface area (Å²) in [5.41, 5.74) is 7.24. The number of benzene rings is 1. The van der Waals surface area contributed by atoms with Crippen LogP contribution in [0, 0.1) is 19.3 Å². The van der Waals surface area contributed by atoms with Crippen molar-refractivity contribution in [3.63, 3.8) is 0 Å². The molecule has 258 valence electrons.